The predicted molar refractivity (Wildman–Crippen MR) is 183 cm³/mol. The van der Waals surface area contributed by atoms with Crippen molar-refractivity contribution in [2.24, 2.45) is 0 Å². The van der Waals surface area contributed by atoms with Crippen LogP contribution >= 0.6 is 11.6 Å². The Bertz CT molecular complexity index is 1880. The van der Waals surface area contributed by atoms with E-state index in [4.69, 9.17) is 16.6 Å². The highest BCUT2D eigenvalue weighted by atomic mass is 35.5. The Kier molecular flexibility index (Phi) is 8.21. The summed E-state index contributed by atoms with van der Waals surface area (Å²) in [6, 6.07) is 46.1. The molecule has 0 spiro atoms. The standard InChI is InChI=1S/C40H29ClN2/c1-3-14-28(4-2)32-21-33(29-15-8-5-9-16-29)24-36(23-32)38-27-39(43-40(41)42-38)37-25-34(30-17-10-6-11-18-30)22-35(26-37)31-19-12-7-13-20-31/h3-27H,1-2H2/b28-14+. The zero-order valence-electron chi connectivity index (χ0n) is 23.6. The minimum Gasteiger partial charge on any atom is -0.218 e. The highest BCUT2D eigenvalue weighted by Gasteiger charge is 2.14. The number of hydrogen-bond donors (Lipinski definition) is 0. The van der Waals surface area contributed by atoms with Gasteiger partial charge < -0.3 is 0 Å². The van der Waals surface area contributed by atoms with Gasteiger partial charge >= 0.3 is 0 Å². The van der Waals surface area contributed by atoms with Gasteiger partial charge in [-0.3, -0.25) is 0 Å². The SMILES string of the molecule is C=C/C=C(\C=C)c1cc(-c2ccccc2)cc(-c2cc(-c3cc(-c4ccccc4)cc(-c4ccccc4)c3)nc(Cl)n2)c1. The van der Waals surface area contributed by atoms with E-state index in [9.17, 15) is 0 Å². The molecule has 0 aliphatic heterocycles. The lowest BCUT2D eigenvalue weighted by Gasteiger charge is -2.13. The first-order valence-electron chi connectivity index (χ1n) is 14.1. The van der Waals surface area contributed by atoms with E-state index in [1.165, 1.54) is 0 Å². The molecule has 0 radical (unpaired) electrons. The fraction of sp³-hybridized carbons (Fsp3) is 0. The molecular weight excluding hydrogens is 544 g/mol. The molecule has 5 aromatic carbocycles. The third-order valence-electron chi connectivity index (χ3n) is 7.33. The van der Waals surface area contributed by atoms with Gasteiger partial charge in [-0.1, -0.05) is 122 Å². The first kappa shape index (κ1) is 27.8. The monoisotopic (exact) mass is 572 g/mol. The van der Waals surface area contributed by atoms with Crippen LogP contribution in [0.1, 0.15) is 5.56 Å². The number of nitrogens with zero attached hydrogens (tertiary/aromatic N) is 2. The minimum atomic E-state index is 0.191. The first-order valence-corrected chi connectivity index (χ1v) is 14.5. The third-order valence-corrected chi connectivity index (χ3v) is 7.50. The fourth-order valence-electron chi connectivity index (χ4n) is 5.23. The van der Waals surface area contributed by atoms with Crippen LogP contribution in [-0.4, -0.2) is 9.97 Å². The number of aromatic nitrogens is 2. The summed E-state index contributed by atoms with van der Waals surface area (Å²) >= 11 is 6.64. The lowest BCUT2D eigenvalue weighted by atomic mass is 9.93. The molecule has 43 heavy (non-hydrogen) atoms. The molecule has 0 bridgehead atoms. The Labute approximate surface area is 258 Å². The summed E-state index contributed by atoms with van der Waals surface area (Å²) in [7, 11) is 0. The first-order chi connectivity index (χ1) is 21.1. The molecule has 0 aliphatic rings. The number of rotatable bonds is 8. The Hall–Kier alpha value is -5.31. The molecule has 1 aromatic heterocycles. The number of allylic oxidation sites excluding steroid dienone is 4. The molecule has 6 rings (SSSR count). The maximum Gasteiger partial charge on any atom is 0.223 e. The average Bonchev–Trinajstić information content (AvgIpc) is 3.07. The Balaban J connectivity index is 1.53. The molecule has 0 amide bonds. The second-order valence-corrected chi connectivity index (χ2v) is 10.5. The van der Waals surface area contributed by atoms with E-state index >= 15 is 0 Å². The van der Waals surface area contributed by atoms with Gasteiger partial charge in [0.25, 0.3) is 0 Å². The molecule has 0 saturated carbocycles. The molecular formula is C40H29ClN2. The van der Waals surface area contributed by atoms with Crippen LogP contribution in [0, 0.1) is 0 Å². The maximum absolute atomic E-state index is 6.64. The average molecular weight is 573 g/mol. The van der Waals surface area contributed by atoms with Gasteiger partial charge in [-0.05, 0) is 98.6 Å². The van der Waals surface area contributed by atoms with Crippen LogP contribution in [0.3, 0.4) is 0 Å². The lowest BCUT2D eigenvalue weighted by Crippen LogP contribution is -1.95. The number of benzene rings is 5. The van der Waals surface area contributed by atoms with E-state index in [0.717, 1.165) is 67.0 Å². The Morgan fingerprint density at radius 3 is 1.33 bits per heavy atom. The van der Waals surface area contributed by atoms with E-state index < -0.39 is 0 Å². The van der Waals surface area contributed by atoms with Gasteiger partial charge in [-0.2, -0.15) is 0 Å². The van der Waals surface area contributed by atoms with E-state index in [0.29, 0.717) is 0 Å². The van der Waals surface area contributed by atoms with Gasteiger partial charge in [0.05, 0.1) is 11.4 Å². The molecule has 0 unspecified atom stereocenters. The molecule has 1 heterocycles. The normalized spacial score (nSPS) is 11.2. The van der Waals surface area contributed by atoms with Crippen molar-refractivity contribution in [3.8, 4) is 55.9 Å². The van der Waals surface area contributed by atoms with Crippen molar-refractivity contribution in [3.63, 3.8) is 0 Å². The molecule has 3 heteroatoms. The third kappa shape index (κ3) is 6.30. The minimum absolute atomic E-state index is 0.191. The van der Waals surface area contributed by atoms with Crippen LogP contribution < -0.4 is 0 Å². The summed E-state index contributed by atoms with van der Waals surface area (Å²) in [5.74, 6) is 0. The van der Waals surface area contributed by atoms with Gasteiger partial charge in [-0.25, -0.2) is 9.97 Å². The second kappa shape index (κ2) is 12.7. The molecule has 0 fully saturated rings. The van der Waals surface area contributed by atoms with Gasteiger partial charge in [-0.15, -0.1) is 0 Å². The van der Waals surface area contributed by atoms with E-state index in [1.54, 1.807) is 6.08 Å². The number of hydrogen-bond acceptors (Lipinski definition) is 2. The van der Waals surface area contributed by atoms with Crippen LogP contribution in [0.2, 0.25) is 5.28 Å². The molecule has 206 valence electrons. The summed E-state index contributed by atoms with van der Waals surface area (Å²) in [4.78, 5) is 9.38. The van der Waals surface area contributed by atoms with Crippen LogP contribution in [0.15, 0.2) is 165 Å². The second-order valence-electron chi connectivity index (χ2n) is 10.2. The lowest BCUT2D eigenvalue weighted by molar-refractivity contribution is 1.18. The van der Waals surface area contributed by atoms with E-state index in [1.807, 2.05) is 48.6 Å². The van der Waals surface area contributed by atoms with E-state index in [-0.39, 0.29) is 5.28 Å². The maximum atomic E-state index is 6.64. The van der Waals surface area contributed by atoms with Crippen LogP contribution in [0.5, 0.6) is 0 Å². The Morgan fingerprint density at radius 2 is 0.884 bits per heavy atom. The predicted octanol–water partition coefficient (Wildman–Crippen LogP) is 11.2. The smallest absolute Gasteiger partial charge is 0.218 e. The zero-order valence-corrected chi connectivity index (χ0v) is 24.4. The van der Waals surface area contributed by atoms with Crippen molar-refractivity contribution >= 4 is 17.2 Å². The highest BCUT2D eigenvalue weighted by molar-refractivity contribution is 6.28. The molecule has 6 aromatic rings. The molecule has 0 saturated heterocycles. The quantitative estimate of drug-likeness (QED) is 0.134. The van der Waals surface area contributed by atoms with Crippen LogP contribution in [0.25, 0.3) is 61.5 Å². The molecule has 0 N–H and O–H groups in total. The topological polar surface area (TPSA) is 25.8 Å². The largest absolute Gasteiger partial charge is 0.223 e. The summed E-state index contributed by atoms with van der Waals surface area (Å²) in [5, 5.41) is 0.191. The number of halogens is 1. The summed E-state index contributed by atoms with van der Waals surface area (Å²) in [5.41, 5.74) is 12.0. The molecule has 2 nitrogen and oxygen atoms in total. The molecule has 0 aliphatic carbocycles. The van der Waals surface area contributed by atoms with Crippen molar-refractivity contribution in [2.75, 3.05) is 0 Å². The summed E-state index contributed by atoms with van der Waals surface area (Å²) in [6.07, 6.45) is 5.57. The Morgan fingerprint density at radius 1 is 0.488 bits per heavy atom. The highest BCUT2D eigenvalue weighted by Crippen LogP contribution is 2.36. The van der Waals surface area contributed by atoms with Crippen molar-refractivity contribution in [3.05, 3.63) is 176 Å². The summed E-state index contributed by atoms with van der Waals surface area (Å²) < 4.78 is 0. The molecule has 0 atom stereocenters. The zero-order chi connectivity index (χ0) is 29.6. The van der Waals surface area contributed by atoms with Crippen molar-refractivity contribution < 1.29 is 0 Å². The van der Waals surface area contributed by atoms with Gasteiger partial charge in [0, 0.05) is 11.1 Å². The fourth-order valence-corrected chi connectivity index (χ4v) is 5.41. The van der Waals surface area contributed by atoms with Crippen molar-refractivity contribution in [1.29, 1.82) is 0 Å². The van der Waals surface area contributed by atoms with Gasteiger partial charge in [0.1, 0.15) is 0 Å². The van der Waals surface area contributed by atoms with Crippen molar-refractivity contribution in [2.45, 2.75) is 0 Å². The van der Waals surface area contributed by atoms with E-state index in [2.05, 4.69) is 115 Å². The van der Waals surface area contributed by atoms with Crippen LogP contribution in [-0.2, 0) is 0 Å². The van der Waals surface area contributed by atoms with Crippen molar-refractivity contribution in [1.82, 2.24) is 9.97 Å². The van der Waals surface area contributed by atoms with Gasteiger partial charge in [0.2, 0.25) is 5.28 Å². The summed E-state index contributed by atoms with van der Waals surface area (Å²) in [6.45, 7) is 7.92. The van der Waals surface area contributed by atoms with Crippen LogP contribution in [0.4, 0.5) is 0 Å². The van der Waals surface area contributed by atoms with Gasteiger partial charge in [0.15, 0.2) is 0 Å².